The van der Waals surface area contributed by atoms with E-state index in [-0.39, 0.29) is 6.54 Å². The van der Waals surface area contributed by atoms with E-state index in [1.54, 1.807) is 12.1 Å². The number of rotatable bonds is 2. The molecule has 14 heavy (non-hydrogen) atoms. The van der Waals surface area contributed by atoms with E-state index < -0.39 is 0 Å². The molecule has 0 heterocycles. The van der Waals surface area contributed by atoms with Crippen molar-refractivity contribution in [2.24, 2.45) is 5.73 Å². The summed E-state index contributed by atoms with van der Waals surface area (Å²) in [4.78, 5) is 0. The first-order valence-corrected chi connectivity index (χ1v) is 4.58. The Morgan fingerprint density at radius 3 is 2.43 bits per heavy atom. The second kappa shape index (κ2) is 4.07. The largest absolute Gasteiger partial charge is 0.326 e. The van der Waals surface area contributed by atoms with Crippen LogP contribution in [0.4, 0.5) is 0 Å². The van der Waals surface area contributed by atoms with Crippen molar-refractivity contribution in [1.82, 2.24) is 0 Å². The highest BCUT2D eigenvalue weighted by atomic mass is 14.5. The SMILES string of the molecule is [2H]c1ccc(-c2ccccc2)c([2H])c1CN. The first kappa shape index (κ1) is 6.80. The molecule has 1 heteroatoms. The Labute approximate surface area is 87.0 Å². The molecular weight excluding hydrogens is 170 g/mol. The predicted molar refractivity (Wildman–Crippen MR) is 59.8 cm³/mol. The Kier molecular flexibility index (Phi) is 1.98. The molecule has 0 aliphatic rings. The summed E-state index contributed by atoms with van der Waals surface area (Å²) in [5, 5.41) is 0. The molecule has 0 spiro atoms. The highest BCUT2D eigenvalue weighted by molar-refractivity contribution is 5.63. The van der Waals surface area contributed by atoms with E-state index in [9.17, 15) is 0 Å². The van der Waals surface area contributed by atoms with E-state index in [1.165, 1.54) is 0 Å². The number of benzene rings is 2. The lowest BCUT2D eigenvalue weighted by Gasteiger charge is -2.03. The van der Waals surface area contributed by atoms with Crippen molar-refractivity contribution in [3.8, 4) is 11.1 Å². The van der Waals surface area contributed by atoms with Gasteiger partial charge in [-0.3, -0.25) is 0 Å². The first-order chi connectivity index (χ1) is 7.74. The van der Waals surface area contributed by atoms with Crippen molar-refractivity contribution in [2.45, 2.75) is 6.54 Å². The molecule has 0 radical (unpaired) electrons. The Hall–Kier alpha value is -1.60. The Morgan fingerprint density at radius 1 is 1.00 bits per heavy atom. The van der Waals surface area contributed by atoms with E-state index in [2.05, 4.69) is 0 Å². The minimum Gasteiger partial charge on any atom is -0.326 e. The van der Waals surface area contributed by atoms with Crippen LogP contribution in [0.2, 0.25) is 0 Å². The van der Waals surface area contributed by atoms with Crippen LogP contribution in [0.25, 0.3) is 11.1 Å². The van der Waals surface area contributed by atoms with Crippen LogP contribution < -0.4 is 5.73 Å². The van der Waals surface area contributed by atoms with E-state index >= 15 is 0 Å². The maximum atomic E-state index is 8.02. The second-order valence-corrected chi connectivity index (χ2v) is 3.07. The molecule has 0 saturated heterocycles. The third-order valence-corrected chi connectivity index (χ3v) is 2.08. The van der Waals surface area contributed by atoms with Crippen molar-refractivity contribution >= 4 is 0 Å². The zero-order chi connectivity index (χ0) is 11.5. The lowest BCUT2D eigenvalue weighted by atomic mass is 10.0. The minimum absolute atomic E-state index is 0.234. The Balaban J connectivity index is 2.59. The molecule has 0 bridgehead atoms. The van der Waals surface area contributed by atoms with Gasteiger partial charge in [-0.25, -0.2) is 0 Å². The van der Waals surface area contributed by atoms with Crippen LogP contribution in [0.1, 0.15) is 8.30 Å². The molecule has 2 N–H and O–H groups in total. The Bertz CT molecular complexity index is 495. The second-order valence-electron chi connectivity index (χ2n) is 3.07. The van der Waals surface area contributed by atoms with Gasteiger partial charge >= 0.3 is 0 Å². The summed E-state index contributed by atoms with van der Waals surface area (Å²) in [5.74, 6) is 0. The molecular formula is C13H13N. The molecule has 0 fully saturated rings. The van der Waals surface area contributed by atoms with Gasteiger partial charge in [0.05, 0.1) is 2.74 Å². The summed E-state index contributed by atoms with van der Waals surface area (Å²) in [6.45, 7) is 0.234. The van der Waals surface area contributed by atoms with Crippen LogP contribution in [0, 0.1) is 0 Å². The molecule has 2 aromatic rings. The maximum absolute atomic E-state index is 8.02. The van der Waals surface area contributed by atoms with Gasteiger partial charge in [-0.05, 0) is 22.7 Å². The van der Waals surface area contributed by atoms with Crippen molar-refractivity contribution in [3.05, 3.63) is 60.1 Å². The fraction of sp³-hybridized carbons (Fsp3) is 0.0769. The van der Waals surface area contributed by atoms with Crippen LogP contribution in [0.3, 0.4) is 0 Å². The van der Waals surface area contributed by atoms with E-state index in [4.69, 9.17) is 8.48 Å². The third-order valence-electron chi connectivity index (χ3n) is 2.08. The zero-order valence-electron chi connectivity index (χ0n) is 9.83. The van der Waals surface area contributed by atoms with Crippen LogP contribution in [-0.2, 0) is 6.54 Å². The quantitative estimate of drug-likeness (QED) is 0.765. The summed E-state index contributed by atoms with van der Waals surface area (Å²) in [5.41, 5.74) is 7.98. The molecule has 0 unspecified atom stereocenters. The molecule has 2 rings (SSSR count). The molecule has 1 nitrogen and oxygen atoms in total. The highest BCUT2D eigenvalue weighted by Crippen LogP contribution is 2.19. The lowest BCUT2D eigenvalue weighted by Crippen LogP contribution is -1.95. The molecule has 2 aromatic carbocycles. The standard InChI is InChI=1S/C13H13N/c14-10-11-5-4-8-13(9-11)12-6-2-1-3-7-12/h1-9H,10,14H2/i5D,9D. The van der Waals surface area contributed by atoms with Crippen molar-refractivity contribution in [3.63, 3.8) is 0 Å². The topological polar surface area (TPSA) is 26.0 Å². The van der Waals surface area contributed by atoms with Gasteiger partial charge in [-0.15, -0.1) is 0 Å². The zero-order valence-corrected chi connectivity index (χ0v) is 7.83. The smallest absolute Gasteiger partial charge is 0.0633 e. The monoisotopic (exact) mass is 185 g/mol. The lowest BCUT2D eigenvalue weighted by molar-refractivity contribution is 1.07. The van der Waals surface area contributed by atoms with Crippen LogP contribution >= 0.6 is 0 Å². The minimum atomic E-state index is 0.234. The van der Waals surface area contributed by atoms with E-state index in [1.807, 2.05) is 30.3 Å². The van der Waals surface area contributed by atoms with Gasteiger partial charge in [-0.2, -0.15) is 0 Å². The number of hydrogen-bond acceptors (Lipinski definition) is 1. The van der Waals surface area contributed by atoms with E-state index in [0.29, 0.717) is 17.6 Å². The molecule has 0 amide bonds. The molecule has 0 atom stereocenters. The third kappa shape index (κ3) is 1.83. The highest BCUT2D eigenvalue weighted by Gasteiger charge is 1.96. The van der Waals surface area contributed by atoms with Gasteiger partial charge in [-0.1, -0.05) is 48.5 Å². The Morgan fingerprint density at radius 2 is 1.71 bits per heavy atom. The van der Waals surface area contributed by atoms with Gasteiger partial charge in [0.2, 0.25) is 0 Å². The van der Waals surface area contributed by atoms with Gasteiger partial charge in [0.1, 0.15) is 0 Å². The summed E-state index contributed by atoms with van der Waals surface area (Å²) >= 11 is 0. The summed E-state index contributed by atoms with van der Waals surface area (Å²) < 4.78 is 15.7. The predicted octanol–water partition coefficient (Wildman–Crippen LogP) is 2.81. The fourth-order valence-corrected chi connectivity index (χ4v) is 1.36. The number of nitrogens with two attached hydrogens (primary N) is 1. The van der Waals surface area contributed by atoms with Crippen molar-refractivity contribution < 1.29 is 2.74 Å². The first-order valence-electron chi connectivity index (χ1n) is 5.58. The van der Waals surface area contributed by atoms with Crippen LogP contribution in [-0.4, -0.2) is 0 Å². The molecule has 0 aliphatic heterocycles. The van der Waals surface area contributed by atoms with Gasteiger partial charge in [0.25, 0.3) is 0 Å². The molecule has 0 aliphatic carbocycles. The number of hydrogen-bond donors (Lipinski definition) is 1. The van der Waals surface area contributed by atoms with Crippen molar-refractivity contribution in [1.29, 1.82) is 0 Å². The average Bonchev–Trinajstić information content (AvgIpc) is 2.31. The average molecular weight is 185 g/mol. The van der Waals surface area contributed by atoms with Crippen LogP contribution in [0.5, 0.6) is 0 Å². The summed E-state index contributed by atoms with van der Waals surface area (Å²) in [7, 11) is 0. The fourth-order valence-electron chi connectivity index (χ4n) is 1.36. The van der Waals surface area contributed by atoms with Crippen LogP contribution in [0.15, 0.2) is 54.5 Å². The normalized spacial score (nSPS) is 12.1. The summed E-state index contributed by atoms with van der Waals surface area (Å²) in [6.07, 6.45) is 0. The van der Waals surface area contributed by atoms with Gasteiger partial charge < -0.3 is 5.73 Å². The van der Waals surface area contributed by atoms with Crippen molar-refractivity contribution in [2.75, 3.05) is 0 Å². The molecule has 0 saturated carbocycles. The maximum Gasteiger partial charge on any atom is 0.0633 e. The molecule has 0 aromatic heterocycles. The van der Waals surface area contributed by atoms with E-state index in [0.717, 1.165) is 11.1 Å². The van der Waals surface area contributed by atoms with Gasteiger partial charge in [0, 0.05) is 6.54 Å². The summed E-state index contributed by atoms with van der Waals surface area (Å²) in [6, 6.07) is 13.9. The molecule has 70 valence electrons. The van der Waals surface area contributed by atoms with Gasteiger partial charge in [0.15, 0.2) is 0 Å².